The summed E-state index contributed by atoms with van der Waals surface area (Å²) >= 11 is 2.00. The first-order valence-electron chi connectivity index (χ1n) is 8.25. The zero-order chi connectivity index (χ0) is 17.3. The fourth-order valence-electron chi connectivity index (χ4n) is 2.50. The van der Waals surface area contributed by atoms with Crippen molar-refractivity contribution in [2.75, 3.05) is 52.1 Å². The highest BCUT2D eigenvalue weighted by Crippen LogP contribution is 2.21. The highest BCUT2D eigenvalue weighted by Gasteiger charge is 2.28. The molecule has 0 aliphatic carbocycles. The Kier molecular flexibility index (Phi) is 12.5. The predicted molar refractivity (Wildman–Crippen MR) is 108 cm³/mol. The van der Waals surface area contributed by atoms with Crippen LogP contribution in [0, 0.1) is 0 Å². The maximum atomic E-state index is 12.3. The number of nitrogens with zero attached hydrogens (tertiary/aromatic N) is 3. The number of hydrogen-bond donors (Lipinski definition) is 1. The molecule has 0 radical (unpaired) electrons. The molecule has 1 heterocycles. The Labute approximate surface area is 165 Å². The number of rotatable bonds is 7. The van der Waals surface area contributed by atoms with E-state index in [0.29, 0.717) is 24.8 Å². The van der Waals surface area contributed by atoms with Crippen LogP contribution in [-0.4, -0.2) is 79.3 Å². The van der Waals surface area contributed by atoms with Gasteiger partial charge in [0.1, 0.15) is 0 Å². The second-order valence-corrected chi connectivity index (χ2v) is 7.20. The summed E-state index contributed by atoms with van der Waals surface area (Å²) in [7, 11) is 1.50. The van der Waals surface area contributed by atoms with E-state index in [0.717, 1.165) is 37.8 Å². The third-order valence-electron chi connectivity index (χ3n) is 3.64. The molecular formula is C15H30F3IN4S. The van der Waals surface area contributed by atoms with Gasteiger partial charge in [0.15, 0.2) is 5.96 Å². The molecule has 1 N–H and O–H groups in total. The van der Waals surface area contributed by atoms with Crippen molar-refractivity contribution in [3.8, 4) is 0 Å². The number of guanidine groups is 1. The molecule has 1 aliphatic heterocycles. The van der Waals surface area contributed by atoms with E-state index in [4.69, 9.17) is 0 Å². The van der Waals surface area contributed by atoms with E-state index in [1.807, 2.05) is 18.7 Å². The fourth-order valence-corrected chi connectivity index (χ4v) is 3.68. The third-order valence-corrected chi connectivity index (χ3v) is 5.01. The second-order valence-electron chi connectivity index (χ2n) is 5.79. The minimum Gasteiger partial charge on any atom is -0.357 e. The van der Waals surface area contributed by atoms with Crippen LogP contribution >= 0.6 is 35.7 Å². The molecule has 1 atom stereocenters. The lowest BCUT2D eigenvalue weighted by molar-refractivity contribution is -0.143. The Morgan fingerprint density at radius 3 is 2.67 bits per heavy atom. The SMILES string of the molecule is CCNC(=NCCCN(C)CC(F)(F)F)N1CCSC(CC)C1.I. The predicted octanol–water partition coefficient (Wildman–Crippen LogP) is 3.28. The monoisotopic (exact) mass is 482 g/mol. The van der Waals surface area contributed by atoms with Gasteiger partial charge in [0, 0.05) is 37.2 Å². The van der Waals surface area contributed by atoms with Gasteiger partial charge in [0.05, 0.1) is 6.54 Å². The van der Waals surface area contributed by atoms with Gasteiger partial charge >= 0.3 is 6.18 Å². The number of nitrogens with one attached hydrogen (secondary N) is 1. The Morgan fingerprint density at radius 2 is 2.08 bits per heavy atom. The van der Waals surface area contributed by atoms with Gasteiger partial charge in [-0.2, -0.15) is 24.9 Å². The number of thioether (sulfide) groups is 1. The van der Waals surface area contributed by atoms with Gasteiger partial charge in [-0.25, -0.2) is 0 Å². The van der Waals surface area contributed by atoms with E-state index in [2.05, 4.69) is 22.1 Å². The average Bonchev–Trinajstić information content (AvgIpc) is 2.48. The summed E-state index contributed by atoms with van der Waals surface area (Å²) in [5.41, 5.74) is 0. The van der Waals surface area contributed by atoms with Crippen molar-refractivity contribution in [2.45, 2.75) is 38.1 Å². The molecule has 144 valence electrons. The van der Waals surface area contributed by atoms with Crippen LogP contribution in [0.4, 0.5) is 13.2 Å². The minimum atomic E-state index is -4.13. The van der Waals surface area contributed by atoms with Gasteiger partial charge in [0.25, 0.3) is 0 Å². The van der Waals surface area contributed by atoms with Gasteiger partial charge in [-0.05, 0) is 33.4 Å². The molecule has 1 unspecified atom stereocenters. The molecule has 0 amide bonds. The van der Waals surface area contributed by atoms with E-state index >= 15 is 0 Å². The van der Waals surface area contributed by atoms with Gasteiger partial charge in [0.2, 0.25) is 0 Å². The molecule has 1 saturated heterocycles. The van der Waals surface area contributed by atoms with Crippen molar-refractivity contribution in [1.82, 2.24) is 15.1 Å². The first-order valence-corrected chi connectivity index (χ1v) is 9.30. The lowest BCUT2D eigenvalue weighted by Crippen LogP contribution is -2.48. The van der Waals surface area contributed by atoms with Gasteiger partial charge in [-0.15, -0.1) is 24.0 Å². The highest BCUT2D eigenvalue weighted by atomic mass is 127. The average molecular weight is 482 g/mol. The van der Waals surface area contributed by atoms with Crippen molar-refractivity contribution in [3.05, 3.63) is 0 Å². The Hall–Kier alpha value is 0.1000. The Balaban J connectivity index is 0.00000529. The lowest BCUT2D eigenvalue weighted by atomic mass is 10.3. The van der Waals surface area contributed by atoms with E-state index in [9.17, 15) is 13.2 Å². The van der Waals surface area contributed by atoms with Crippen LogP contribution in [0.15, 0.2) is 4.99 Å². The van der Waals surface area contributed by atoms with E-state index in [1.54, 1.807) is 0 Å². The third kappa shape index (κ3) is 10.2. The van der Waals surface area contributed by atoms with E-state index in [-0.39, 0.29) is 24.0 Å². The molecule has 1 fully saturated rings. The molecule has 0 bridgehead atoms. The van der Waals surface area contributed by atoms with Gasteiger partial charge in [-0.1, -0.05) is 6.92 Å². The van der Waals surface area contributed by atoms with Crippen LogP contribution in [0.1, 0.15) is 26.7 Å². The normalized spacial score (nSPS) is 19.4. The topological polar surface area (TPSA) is 30.9 Å². The first-order chi connectivity index (χ1) is 10.9. The van der Waals surface area contributed by atoms with Crippen molar-refractivity contribution in [1.29, 1.82) is 0 Å². The number of alkyl halides is 3. The molecular weight excluding hydrogens is 452 g/mol. The summed E-state index contributed by atoms with van der Waals surface area (Å²) in [5, 5.41) is 3.93. The molecule has 1 rings (SSSR count). The molecule has 0 aromatic carbocycles. The van der Waals surface area contributed by atoms with Crippen LogP contribution in [0.3, 0.4) is 0 Å². The summed E-state index contributed by atoms with van der Waals surface area (Å²) in [5.74, 6) is 1.99. The highest BCUT2D eigenvalue weighted by molar-refractivity contribution is 14.0. The van der Waals surface area contributed by atoms with Crippen molar-refractivity contribution >= 4 is 41.7 Å². The number of aliphatic imine (C=N–C) groups is 1. The smallest absolute Gasteiger partial charge is 0.357 e. The zero-order valence-corrected chi connectivity index (χ0v) is 17.9. The maximum absolute atomic E-state index is 12.3. The molecule has 0 aromatic rings. The largest absolute Gasteiger partial charge is 0.401 e. The van der Waals surface area contributed by atoms with Crippen molar-refractivity contribution in [2.24, 2.45) is 4.99 Å². The van der Waals surface area contributed by atoms with Crippen LogP contribution < -0.4 is 5.32 Å². The second kappa shape index (κ2) is 12.5. The van der Waals surface area contributed by atoms with Crippen LogP contribution in [0.2, 0.25) is 0 Å². The van der Waals surface area contributed by atoms with Crippen LogP contribution in [0.25, 0.3) is 0 Å². The lowest BCUT2D eigenvalue weighted by Gasteiger charge is -2.34. The molecule has 0 spiro atoms. The fraction of sp³-hybridized carbons (Fsp3) is 0.933. The summed E-state index contributed by atoms with van der Waals surface area (Å²) in [4.78, 5) is 8.16. The summed E-state index contributed by atoms with van der Waals surface area (Å²) in [6, 6.07) is 0. The first kappa shape index (κ1) is 24.1. The molecule has 1 aliphatic rings. The Morgan fingerprint density at radius 1 is 1.38 bits per heavy atom. The quantitative estimate of drug-likeness (QED) is 0.261. The molecule has 0 aromatic heterocycles. The molecule has 24 heavy (non-hydrogen) atoms. The number of hydrogen-bond acceptors (Lipinski definition) is 3. The maximum Gasteiger partial charge on any atom is 0.401 e. The molecule has 9 heteroatoms. The van der Waals surface area contributed by atoms with Gasteiger partial charge < -0.3 is 10.2 Å². The van der Waals surface area contributed by atoms with Crippen molar-refractivity contribution in [3.63, 3.8) is 0 Å². The number of halogens is 4. The summed E-state index contributed by atoms with van der Waals surface area (Å²) in [6.07, 6.45) is -2.36. The van der Waals surface area contributed by atoms with E-state index in [1.165, 1.54) is 11.9 Å². The van der Waals surface area contributed by atoms with Crippen LogP contribution in [-0.2, 0) is 0 Å². The standard InChI is InChI=1S/C15H29F3N4S.HI/c1-4-13-11-22(9-10-23-13)14(19-5-2)20-7-6-8-21(3)12-15(16,17)18;/h13H,4-12H2,1-3H3,(H,19,20);1H. The van der Waals surface area contributed by atoms with Crippen LogP contribution in [0.5, 0.6) is 0 Å². The molecule has 4 nitrogen and oxygen atoms in total. The zero-order valence-electron chi connectivity index (χ0n) is 14.7. The van der Waals surface area contributed by atoms with Crippen molar-refractivity contribution < 1.29 is 13.2 Å². The van der Waals surface area contributed by atoms with Gasteiger partial charge in [-0.3, -0.25) is 9.89 Å². The minimum absolute atomic E-state index is 0. The summed E-state index contributed by atoms with van der Waals surface area (Å²) in [6.45, 7) is 7.07. The Bertz CT molecular complexity index is 369. The van der Waals surface area contributed by atoms with E-state index < -0.39 is 12.7 Å². The summed E-state index contributed by atoms with van der Waals surface area (Å²) < 4.78 is 36.8. The molecule has 0 saturated carbocycles.